The third kappa shape index (κ3) is 3.48. The van der Waals surface area contributed by atoms with Crippen LogP contribution in [0.3, 0.4) is 0 Å². The van der Waals surface area contributed by atoms with Crippen molar-refractivity contribution in [3.05, 3.63) is 65.2 Å². The van der Waals surface area contributed by atoms with Crippen LogP contribution in [0.4, 0.5) is 0 Å². The summed E-state index contributed by atoms with van der Waals surface area (Å²) in [6, 6.07) is 15.3. The van der Waals surface area contributed by atoms with E-state index in [4.69, 9.17) is 0 Å². The minimum absolute atomic E-state index is 0.0609. The summed E-state index contributed by atoms with van der Waals surface area (Å²) in [5, 5.41) is 12.4. The van der Waals surface area contributed by atoms with Crippen LogP contribution in [0.25, 0.3) is 5.69 Å². The maximum atomic E-state index is 12.2. The number of carbonyl (C=O) groups excluding carboxylic acids is 1. The number of ketones is 1. The van der Waals surface area contributed by atoms with E-state index in [0.717, 1.165) is 11.3 Å². The van der Waals surface area contributed by atoms with Gasteiger partial charge in [-0.25, -0.2) is 0 Å². The first kappa shape index (κ1) is 15.4. The molecule has 0 amide bonds. The summed E-state index contributed by atoms with van der Waals surface area (Å²) >= 11 is 1.34. The molecule has 0 N–H and O–H groups in total. The number of thioether (sulfide) groups is 1. The molecule has 0 saturated heterocycles. The Morgan fingerprint density at radius 3 is 2.65 bits per heavy atom. The molecule has 116 valence electrons. The Labute approximate surface area is 138 Å². The van der Waals surface area contributed by atoms with E-state index >= 15 is 0 Å². The number of aryl methyl sites for hydroxylation is 2. The minimum Gasteiger partial charge on any atom is -0.293 e. The molecular weight excluding hydrogens is 308 g/mol. The van der Waals surface area contributed by atoms with Gasteiger partial charge in [-0.15, -0.1) is 5.10 Å². The number of benzene rings is 2. The summed E-state index contributed by atoms with van der Waals surface area (Å²) in [4.78, 5) is 12.2. The molecule has 0 unspecified atom stereocenters. The Kier molecular flexibility index (Phi) is 4.52. The Balaban J connectivity index is 1.78. The van der Waals surface area contributed by atoms with E-state index in [1.165, 1.54) is 17.3 Å². The van der Waals surface area contributed by atoms with Crippen molar-refractivity contribution < 1.29 is 4.79 Å². The highest BCUT2D eigenvalue weighted by molar-refractivity contribution is 7.99. The molecule has 0 bridgehead atoms. The first-order chi connectivity index (χ1) is 11.1. The number of carbonyl (C=O) groups is 1. The molecule has 2 aromatic carbocycles. The lowest BCUT2D eigenvalue weighted by molar-refractivity contribution is 0.102. The molecule has 23 heavy (non-hydrogen) atoms. The van der Waals surface area contributed by atoms with Crippen LogP contribution >= 0.6 is 11.8 Å². The number of Topliss-reactive ketones (excluding diaryl/α,β-unsaturated/α-hetero) is 1. The summed E-state index contributed by atoms with van der Waals surface area (Å²) in [6.45, 7) is 4.07. The number of hydrogen-bond donors (Lipinski definition) is 0. The van der Waals surface area contributed by atoms with Gasteiger partial charge in [-0.2, -0.15) is 4.68 Å². The van der Waals surface area contributed by atoms with Crippen LogP contribution in [0.2, 0.25) is 0 Å². The number of hydrogen-bond acceptors (Lipinski definition) is 5. The van der Waals surface area contributed by atoms with Gasteiger partial charge in [0, 0.05) is 5.56 Å². The van der Waals surface area contributed by atoms with Gasteiger partial charge >= 0.3 is 0 Å². The molecule has 0 spiro atoms. The van der Waals surface area contributed by atoms with Gasteiger partial charge < -0.3 is 0 Å². The van der Waals surface area contributed by atoms with E-state index in [-0.39, 0.29) is 5.78 Å². The quantitative estimate of drug-likeness (QED) is 0.532. The molecule has 0 fully saturated rings. The molecule has 0 aliphatic rings. The monoisotopic (exact) mass is 324 g/mol. The summed E-state index contributed by atoms with van der Waals surface area (Å²) < 4.78 is 1.68. The average Bonchev–Trinajstić information content (AvgIpc) is 3.01. The zero-order valence-electron chi connectivity index (χ0n) is 12.9. The Hall–Kier alpha value is -2.47. The highest BCUT2D eigenvalue weighted by Crippen LogP contribution is 2.22. The second kappa shape index (κ2) is 6.75. The van der Waals surface area contributed by atoms with Crippen molar-refractivity contribution in [2.24, 2.45) is 0 Å². The van der Waals surface area contributed by atoms with E-state index in [0.29, 0.717) is 16.5 Å². The van der Waals surface area contributed by atoms with Crippen molar-refractivity contribution in [3.63, 3.8) is 0 Å². The lowest BCUT2D eigenvalue weighted by Gasteiger charge is -2.08. The molecule has 5 nitrogen and oxygen atoms in total. The molecule has 1 aromatic heterocycles. The van der Waals surface area contributed by atoms with Gasteiger partial charge in [0.1, 0.15) is 0 Å². The van der Waals surface area contributed by atoms with Crippen LogP contribution in [0.15, 0.2) is 53.7 Å². The predicted molar refractivity (Wildman–Crippen MR) is 90.1 cm³/mol. The first-order valence-corrected chi connectivity index (χ1v) is 8.21. The molecule has 3 rings (SSSR count). The predicted octanol–water partition coefficient (Wildman–Crippen LogP) is 3.25. The second-order valence-corrected chi connectivity index (χ2v) is 6.18. The van der Waals surface area contributed by atoms with E-state index in [2.05, 4.69) is 21.6 Å². The van der Waals surface area contributed by atoms with E-state index < -0.39 is 0 Å². The fourth-order valence-electron chi connectivity index (χ4n) is 2.30. The summed E-state index contributed by atoms with van der Waals surface area (Å²) in [5.41, 5.74) is 3.90. The van der Waals surface area contributed by atoms with E-state index in [9.17, 15) is 4.79 Å². The molecule has 0 aliphatic heterocycles. The smallest absolute Gasteiger partial charge is 0.214 e. The van der Waals surface area contributed by atoms with Crippen molar-refractivity contribution in [3.8, 4) is 5.69 Å². The lowest BCUT2D eigenvalue weighted by Crippen LogP contribution is -2.05. The van der Waals surface area contributed by atoms with Gasteiger partial charge in [0.15, 0.2) is 5.78 Å². The van der Waals surface area contributed by atoms with Crippen LogP contribution in [0, 0.1) is 13.8 Å². The third-order valence-corrected chi connectivity index (χ3v) is 4.37. The van der Waals surface area contributed by atoms with Crippen molar-refractivity contribution in [2.45, 2.75) is 19.0 Å². The van der Waals surface area contributed by atoms with Gasteiger partial charge in [0.2, 0.25) is 5.16 Å². The zero-order chi connectivity index (χ0) is 16.2. The van der Waals surface area contributed by atoms with Crippen molar-refractivity contribution >= 4 is 17.5 Å². The van der Waals surface area contributed by atoms with Gasteiger partial charge in [-0.3, -0.25) is 4.79 Å². The SMILES string of the molecule is Cc1ccc(-n2nnnc2SCC(=O)c2ccccc2)c(C)c1. The Morgan fingerprint density at radius 1 is 1.13 bits per heavy atom. The molecule has 0 radical (unpaired) electrons. The average molecular weight is 324 g/mol. The molecular formula is C17H16N4OS. The minimum atomic E-state index is 0.0609. The lowest BCUT2D eigenvalue weighted by atomic mass is 10.1. The van der Waals surface area contributed by atoms with Crippen LogP contribution in [-0.2, 0) is 0 Å². The third-order valence-electron chi connectivity index (χ3n) is 3.45. The molecule has 0 saturated carbocycles. The van der Waals surface area contributed by atoms with Crippen LogP contribution in [0.5, 0.6) is 0 Å². The number of aromatic nitrogens is 4. The standard InChI is InChI=1S/C17H16N4OS/c1-12-8-9-15(13(2)10-12)21-17(18-19-20-21)23-11-16(22)14-6-4-3-5-7-14/h3-10H,11H2,1-2H3. The van der Waals surface area contributed by atoms with Gasteiger partial charge in [-0.1, -0.05) is 59.8 Å². The molecule has 6 heteroatoms. The van der Waals surface area contributed by atoms with Gasteiger partial charge in [0.25, 0.3) is 0 Å². The topological polar surface area (TPSA) is 60.7 Å². The Bertz CT molecular complexity index is 830. The van der Waals surface area contributed by atoms with E-state index in [1.54, 1.807) is 4.68 Å². The Morgan fingerprint density at radius 2 is 1.91 bits per heavy atom. The maximum Gasteiger partial charge on any atom is 0.214 e. The number of rotatable bonds is 5. The van der Waals surface area contributed by atoms with Crippen LogP contribution in [0.1, 0.15) is 21.5 Å². The highest BCUT2D eigenvalue weighted by Gasteiger charge is 2.13. The van der Waals surface area contributed by atoms with Crippen molar-refractivity contribution in [1.29, 1.82) is 0 Å². The zero-order valence-corrected chi connectivity index (χ0v) is 13.7. The second-order valence-electron chi connectivity index (χ2n) is 5.24. The highest BCUT2D eigenvalue weighted by atomic mass is 32.2. The normalized spacial score (nSPS) is 10.7. The van der Waals surface area contributed by atoms with Crippen molar-refractivity contribution in [2.75, 3.05) is 5.75 Å². The van der Waals surface area contributed by atoms with Crippen molar-refractivity contribution in [1.82, 2.24) is 20.2 Å². The summed E-state index contributed by atoms with van der Waals surface area (Å²) in [7, 11) is 0. The summed E-state index contributed by atoms with van der Waals surface area (Å²) in [6.07, 6.45) is 0. The largest absolute Gasteiger partial charge is 0.293 e. The van der Waals surface area contributed by atoms with Gasteiger partial charge in [-0.05, 0) is 35.9 Å². The van der Waals surface area contributed by atoms with Crippen LogP contribution < -0.4 is 0 Å². The molecule has 3 aromatic rings. The molecule has 1 heterocycles. The maximum absolute atomic E-state index is 12.2. The number of nitrogens with zero attached hydrogens (tertiary/aromatic N) is 4. The first-order valence-electron chi connectivity index (χ1n) is 7.22. The molecule has 0 atom stereocenters. The summed E-state index contributed by atoms with van der Waals surface area (Å²) in [5.74, 6) is 0.362. The number of tetrazole rings is 1. The van der Waals surface area contributed by atoms with Gasteiger partial charge in [0.05, 0.1) is 11.4 Å². The fraction of sp³-hybridized carbons (Fsp3) is 0.176. The van der Waals surface area contributed by atoms with Crippen LogP contribution in [-0.4, -0.2) is 31.7 Å². The van der Waals surface area contributed by atoms with E-state index in [1.807, 2.05) is 56.3 Å². The fourth-order valence-corrected chi connectivity index (χ4v) is 3.08. The molecule has 0 aliphatic carbocycles.